The van der Waals surface area contributed by atoms with Crippen LogP contribution >= 0.6 is 0 Å². The SMILES string of the molecule is CCCOC1Oc2ccccc2C=C1O[N+](=O)[O-]. The lowest BCUT2D eigenvalue weighted by atomic mass is 10.1. The molecule has 96 valence electrons. The van der Waals surface area contributed by atoms with Crippen LogP contribution in [0.2, 0.25) is 0 Å². The van der Waals surface area contributed by atoms with E-state index < -0.39 is 11.4 Å². The van der Waals surface area contributed by atoms with E-state index in [0.717, 1.165) is 12.0 Å². The Bertz CT molecular complexity index is 471. The molecule has 0 aromatic heterocycles. The van der Waals surface area contributed by atoms with Crippen LogP contribution in [0.15, 0.2) is 30.0 Å². The molecule has 0 spiro atoms. The zero-order valence-electron chi connectivity index (χ0n) is 9.87. The molecule has 1 aromatic rings. The minimum absolute atomic E-state index is 0.0483. The van der Waals surface area contributed by atoms with E-state index >= 15 is 0 Å². The molecule has 6 heteroatoms. The smallest absolute Gasteiger partial charge is 0.299 e. The molecule has 0 fully saturated rings. The Morgan fingerprint density at radius 1 is 1.44 bits per heavy atom. The van der Waals surface area contributed by atoms with E-state index in [-0.39, 0.29) is 5.76 Å². The minimum Gasteiger partial charge on any atom is -0.458 e. The van der Waals surface area contributed by atoms with E-state index in [2.05, 4.69) is 4.84 Å². The molecule has 0 amide bonds. The average Bonchev–Trinajstić information content (AvgIpc) is 2.35. The summed E-state index contributed by atoms with van der Waals surface area (Å²) in [6.07, 6.45) is 1.47. The zero-order chi connectivity index (χ0) is 13.0. The second-order valence-electron chi connectivity index (χ2n) is 3.72. The number of para-hydroxylation sites is 1. The molecule has 1 unspecified atom stereocenters. The summed E-state index contributed by atoms with van der Waals surface area (Å²) in [4.78, 5) is 14.9. The van der Waals surface area contributed by atoms with Crippen LogP contribution in [-0.4, -0.2) is 18.0 Å². The van der Waals surface area contributed by atoms with Crippen molar-refractivity contribution in [2.75, 3.05) is 6.61 Å². The van der Waals surface area contributed by atoms with Gasteiger partial charge in [-0.1, -0.05) is 25.1 Å². The van der Waals surface area contributed by atoms with Gasteiger partial charge in [0.15, 0.2) is 5.76 Å². The van der Waals surface area contributed by atoms with Gasteiger partial charge in [-0.05, 0) is 18.6 Å². The summed E-state index contributed by atoms with van der Waals surface area (Å²) >= 11 is 0. The Morgan fingerprint density at radius 2 is 2.22 bits per heavy atom. The third kappa shape index (κ3) is 2.78. The van der Waals surface area contributed by atoms with Gasteiger partial charge in [0.05, 0.1) is 6.61 Å². The van der Waals surface area contributed by atoms with Gasteiger partial charge in [-0.3, -0.25) is 4.84 Å². The Balaban J connectivity index is 2.24. The van der Waals surface area contributed by atoms with Crippen LogP contribution in [0.25, 0.3) is 6.08 Å². The van der Waals surface area contributed by atoms with Crippen LogP contribution in [-0.2, 0) is 9.57 Å². The fourth-order valence-corrected chi connectivity index (χ4v) is 1.60. The van der Waals surface area contributed by atoms with Gasteiger partial charge in [-0.15, -0.1) is 10.1 Å². The number of fused-ring (bicyclic) bond motifs is 1. The lowest BCUT2D eigenvalue weighted by Gasteiger charge is -2.25. The maximum atomic E-state index is 10.4. The van der Waals surface area contributed by atoms with Crippen molar-refractivity contribution in [3.63, 3.8) is 0 Å². The van der Waals surface area contributed by atoms with Crippen molar-refractivity contribution in [3.05, 3.63) is 45.7 Å². The summed E-state index contributed by atoms with van der Waals surface area (Å²) in [6.45, 7) is 2.37. The summed E-state index contributed by atoms with van der Waals surface area (Å²) in [5.74, 6) is 0.668. The Kier molecular flexibility index (Phi) is 3.78. The molecule has 0 saturated carbocycles. The largest absolute Gasteiger partial charge is 0.458 e. The normalized spacial score (nSPS) is 17.4. The molecule has 0 radical (unpaired) electrons. The molecule has 1 aliphatic rings. The number of rotatable bonds is 5. The van der Waals surface area contributed by atoms with Crippen molar-refractivity contribution in [2.24, 2.45) is 0 Å². The van der Waals surface area contributed by atoms with Gasteiger partial charge in [0.1, 0.15) is 5.75 Å². The van der Waals surface area contributed by atoms with Gasteiger partial charge in [0.25, 0.3) is 5.09 Å². The van der Waals surface area contributed by atoms with E-state index in [0.29, 0.717) is 12.4 Å². The monoisotopic (exact) mass is 251 g/mol. The van der Waals surface area contributed by atoms with Gasteiger partial charge in [0, 0.05) is 5.56 Å². The van der Waals surface area contributed by atoms with Gasteiger partial charge >= 0.3 is 0 Å². The number of ether oxygens (including phenoxy) is 2. The molecular weight excluding hydrogens is 238 g/mol. The second-order valence-corrected chi connectivity index (χ2v) is 3.72. The first-order valence-corrected chi connectivity index (χ1v) is 5.62. The molecule has 0 saturated heterocycles. The van der Waals surface area contributed by atoms with Crippen LogP contribution in [0.3, 0.4) is 0 Å². The maximum Gasteiger partial charge on any atom is 0.299 e. The molecule has 2 rings (SSSR count). The lowest BCUT2D eigenvalue weighted by Crippen LogP contribution is -2.28. The van der Waals surface area contributed by atoms with Crippen molar-refractivity contribution in [1.29, 1.82) is 0 Å². The fraction of sp³-hybridized carbons (Fsp3) is 0.333. The molecule has 0 aliphatic carbocycles. The van der Waals surface area contributed by atoms with Gasteiger partial charge in [-0.2, -0.15) is 0 Å². The van der Waals surface area contributed by atoms with E-state index in [1.54, 1.807) is 18.2 Å². The quantitative estimate of drug-likeness (QED) is 0.593. The van der Waals surface area contributed by atoms with Crippen LogP contribution in [0.1, 0.15) is 18.9 Å². The first-order chi connectivity index (χ1) is 8.70. The van der Waals surface area contributed by atoms with Crippen molar-refractivity contribution in [3.8, 4) is 5.75 Å². The van der Waals surface area contributed by atoms with Crippen LogP contribution in [0, 0.1) is 10.1 Å². The highest BCUT2D eigenvalue weighted by Gasteiger charge is 2.26. The number of benzene rings is 1. The molecule has 1 aromatic carbocycles. The van der Waals surface area contributed by atoms with Crippen molar-refractivity contribution in [2.45, 2.75) is 19.6 Å². The maximum absolute atomic E-state index is 10.4. The molecule has 6 nitrogen and oxygen atoms in total. The second kappa shape index (κ2) is 5.50. The highest BCUT2D eigenvalue weighted by Crippen LogP contribution is 2.30. The third-order valence-electron chi connectivity index (χ3n) is 2.34. The predicted molar refractivity (Wildman–Crippen MR) is 63.2 cm³/mol. The first-order valence-electron chi connectivity index (χ1n) is 5.62. The number of hydrogen-bond acceptors (Lipinski definition) is 5. The molecular formula is C12H13NO5. The van der Waals surface area contributed by atoms with Crippen LogP contribution in [0.4, 0.5) is 0 Å². The molecule has 1 aliphatic heterocycles. The van der Waals surface area contributed by atoms with E-state index in [9.17, 15) is 10.1 Å². The average molecular weight is 251 g/mol. The summed E-state index contributed by atoms with van der Waals surface area (Å²) in [6, 6.07) is 7.20. The third-order valence-corrected chi connectivity index (χ3v) is 2.34. The fourth-order valence-electron chi connectivity index (χ4n) is 1.60. The summed E-state index contributed by atoms with van der Waals surface area (Å²) < 4.78 is 10.9. The highest BCUT2D eigenvalue weighted by molar-refractivity contribution is 5.61. The van der Waals surface area contributed by atoms with Gasteiger partial charge < -0.3 is 9.47 Å². The Hall–Kier alpha value is -2.08. The summed E-state index contributed by atoms with van der Waals surface area (Å²) in [7, 11) is 0. The van der Waals surface area contributed by atoms with Crippen molar-refractivity contribution >= 4 is 6.08 Å². The van der Waals surface area contributed by atoms with Crippen LogP contribution in [0.5, 0.6) is 5.75 Å². The van der Waals surface area contributed by atoms with Crippen LogP contribution < -0.4 is 4.74 Å². The van der Waals surface area contributed by atoms with Gasteiger partial charge in [-0.25, -0.2) is 0 Å². The van der Waals surface area contributed by atoms with Gasteiger partial charge in [0.2, 0.25) is 6.29 Å². The highest BCUT2D eigenvalue weighted by atomic mass is 17.0. The summed E-state index contributed by atoms with van der Waals surface area (Å²) in [5, 5.41) is 9.56. The molecule has 18 heavy (non-hydrogen) atoms. The van der Waals surface area contributed by atoms with Crippen molar-refractivity contribution < 1.29 is 19.4 Å². The minimum atomic E-state index is -0.870. The van der Waals surface area contributed by atoms with E-state index in [4.69, 9.17) is 9.47 Å². The Morgan fingerprint density at radius 3 is 2.94 bits per heavy atom. The summed E-state index contributed by atoms with van der Waals surface area (Å²) in [5.41, 5.74) is 0.727. The molecule has 1 heterocycles. The topological polar surface area (TPSA) is 70.8 Å². The number of nitrogens with zero attached hydrogens (tertiary/aromatic N) is 1. The zero-order valence-corrected chi connectivity index (χ0v) is 9.87. The molecule has 0 bridgehead atoms. The first kappa shape index (κ1) is 12.4. The molecule has 1 atom stereocenters. The lowest BCUT2D eigenvalue weighted by molar-refractivity contribution is -0.745. The van der Waals surface area contributed by atoms with Crippen molar-refractivity contribution in [1.82, 2.24) is 0 Å². The van der Waals surface area contributed by atoms with E-state index in [1.165, 1.54) is 0 Å². The molecule has 0 N–H and O–H groups in total. The van der Waals surface area contributed by atoms with E-state index in [1.807, 2.05) is 19.1 Å². The Labute approximate surface area is 104 Å². The number of hydrogen-bond donors (Lipinski definition) is 0. The predicted octanol–water partition coefficient (Wildman–Crippen LogP) is 2.38. The standard InChI is InChI=1S/C12H13NO5/c1-2-7-16-12-11(18-13(14)15)8-9-5-3-4-6-10(9)17-12/h3-6,8,12H,2,7H2,1H3.